The predicted molar refractivity (Wildman–Crippen MR) is 70.9 cm³/mol. The highest BCUT2D eigenvalue weighted by molar-refractivity contribution is 4.95. The molecule has 0 bridgehead atoms. The summed E-state index contributed by atoms with van der Waals surface area (Å²) in [5.74, 6) is 0.766. The van der Waals surface area contributed by atoms with Crippen molar-refractivity contribution < 1.29 is 0 Å². The Morgan fingerprint density at radius 3 is 2.65 bits per heavy atom. The number of rotatable bonds is 8. The van der Waals surface area contributed by atoms with Crippen LogP contribution in [0.1, 0.15) is 45.7 Å². The molecule has 0 amide bonds. The maximum absolute atomic E-state index is 4.16. The fraction of sp³-hybridized carbons (Fsp3) is 0.846. The van der Waals surface area contributed by atoms with Crippen LogP contribution in [0.3, 0.4) is 0 Å². The van der Waals surface area contributed by atoms with Crippen molar-refractivity contribution in [2.75, 3.05) is 6.54 Å². The summed E-state index contributed by atoms with van der Waals surface area (Å²) in [7, 11) is 1.92. The third-order valence-electron chi connectivity index (χ3n) is 2.88. The molecule has 1 N–H and O–H groups in total. The Balaban J connectivity index is 2.44. The molecule has 0 aromatic carbocycles. The summed E-state index contributed by atoms with van der Waals surface area (Å²) in [6, 6.07) is 0.536. The van der Waals surface area contributed by atoms with E-state index in [1.165, 1.54) is 19.3 Å². The fourth-order valence-corrected chi connectivity index (χ4v) is 1.90. The van der Waals surface area contributed by atoms with Crippen molar-refractivity contribution in [3.8, 4) is 0 Å². The molecule has 0 aliphatic rings. The van der Waals surface area contributed by atoms with E-state index < -0.39 is 0 Å². The topological polar surface area (TPSA) is 42.7 Å². The molecule has 1 aromatic rings. The SMILES string of the molecule is CCCNC(CCC(C)C)Cc1cn(C)nn1. The van der Waals surface area contributed by atoms with Crippen LogP contribution in [0.5, 0.6) is 0 Å². The molecule has 4 heteroatoms. The minimum atomic E-state index is 0.536. The van der Waals surface area contributed by atoms with E-state index in [2.05, 4.69) is 36.4 Å². The molecule has 1 rings (SSSR count). The van der Waals surface area contributed by atoms with Gasteiger partial charge in [0.2, 0.25) is 0 Å². The summed E-state index contributed by atoms with van der Waals surface area (Å²) in [5.41, 5.74) is 1.09. The summed E-state index contributed by atoms with van der Waals surface area (Å²) in [6.45, 7) is 7.84. The van der Waals surface area contributed by atoms with Crippen molar-refractivity contribution in [3.05, 3.63) is 11.9 Å². The van der Waals surface area contributed by atoms with Gasteiger partial charge in [0, 0.05) is 25.7 Å². The van der Waals surface area contributed by atoms with E-state index >= 15 is 0 Å². The number of aromatic nitrogens is 3. The van der Waals surface area contributed by atoms with Crippen LogP contribution in [0.2, 0.25) is 0 Å². The van der Waals surface area contributed by atoms with Crippen LogP contribution in [0.4, 0.5) is 0 Å². The third kappa shape index (κ3) is 5.82. The third-order valence-corrected chi connectivity index (χ3v) is 2.88. The van der Waals surface area contributed by atoms with Crippen molar-refractivity contribution in [2.24, 2.45) is 13.0 Å². The number of nitrogens with one attached hydrogen (secondary N) is 1. The quantitative estimate of drug-likeness (QED) is 0.754. The molecule has 98 valence electrons. The van der Waals surface area contributed by atoms with Gasteiger partial charge in [-0.05, 0) is 31.7 Å². The van der Waals surface area contributed by atoms with Gasteiger partial charge in [-0.3, -0.25) is 4.68 Å². The number of nitrogens with zero attached hydrogens (tertiary/aromatic N) is 3. The van der Waals surface area contributed by atoms with Crippen molar-refractivity contribution in [1.29, 1.82) is 0 Å². The van der Waals surface area contributed by atoms with Crippen LogP contribution in [0, 0.1) is 5.92 Å². The van der Waals surface area contributed by atoms with Gasteiger partial charge in [-0.2, -0.15) is 0 Å². The van der Waals surface area contributed by atoms with E-state index in [0.29, 0.717) is 6.04 Å². The van der Waals surface area contributed by atoms with Crippen LogP contribution in [-0.2, 0) is 13.5 Å². The average Bonchev–Trinajstić information content (AvgIpc) is 2.68. The van der Waals surface area contributed by atoms with Gasteiger partial charge in [0.1, 0.15) is 0 Å². The lowest BCUT2D eigenvalue weighted by Gasteiger charge is -2.18. The lowest BCUT2D eigenvalue weighted by atomic mass is 10.00. The molecule has 1 aromatic heterocycles. The molecule has 17 heavy (non-hydrogen) atoms. The molecular weight excluding hydrogens is 212 g/mol. The molecule has 0 spiro atoms. The van der Waals surface area contributed by atoms with Crippen molar-refractivity contribution >= 4 is 0 Å². The lowest BCUT2D eigenvalue weighted by Crippen LogP contribution is -2.32. The van der Waals surface area contributed by atoms with Crippen LogP contribution >= 0.6 is 0 Å². The molecule has 4 nitrogen and oxygen atoms in total. The van der Waals surface area contributed by atoms with E-state index in [4.69, 9.17) is 0 Å². The zero-order valence-corrected chi connectivity index (χ0v) is 11.6. The molecule has 1 heterocycles. The van der Waals surface area contributed by atoms with Gasteiger partial charge in [0.25, 0.3) is 0 Å². The summed E-state index contributed by atoms with van der Waals surface area (Å²) < 4.78 is 1.77. The molecule has 0 aliphatic heterocycles. The Labute approximate surface area is 105 Å². The van der Waals surface area contributed by atoms with Gasteiger partial charge < -0.3 is 5.32 Å². The molecule has 0 fully saturated rings. The number of aryl methyl sites for hydroxylation is 1. The minimum Gasteiger partial charge on any atom is -0.314 e. The van der Waals surface area contributed by atoms with E-state index in [1.807, 2.05) is 13.2 Å². The van der Waals surface area contributed by atoms with Gasteiger partial charge in [-0.15, -0.1) is 5.10 Å². The fourth-order valence-electron chi connectivity index (χ4n) is 1.90. The second kappa shape index (κ2) is 7.43. The molecule has 0 radical (unpaired) electrons. The first-order chi connectivity index (χ1) is 8.11. The number of hydrogen-bond donors (Lipinski definition) is 1. The van der Waals surface area contributed by atoms with Crippen LogP contribution < -0.4 is 5.32 Å². The summed E-state index contributed by atoms with van der Waals surface area (Å²) >= 11 is 0. The first-order valence-electron chi connectivity index (χ1n) is 6.70. The molecule has 0 saturated carbocycles. The average molecular weight is 238 g/mol. The van der Waals surface area contributed by atoms with Gasteiger partial charge in [-0.1, -0.05) is 26.0 Å². The zero-order chi connectivity index (χ0) is 12.7. The minimum absolute atomic E-state index is 0.536. The summed E-state index contributed by atoms with van der Waals surface area (Å²) in [5, 5.41) is 11.8. The van der Waals surface area contributed by atoms with Gasteiger partial charge in [0.05, 0.1) is 5.69 Å². The predicted octanol–water partition coefficient (Wildman–Crippen LogP) is 2.16. The highest BCUT2D eigenvalue weighted by atomic mass is 15.4. The van der Waals surface area contributed by atoms with E-state index in [1.54, 1.807) is 4.68 Å². The van der Waals surface area contributed by atoms with Crippen molar-refractivity contribution in [2.45, 2.75) is 52.5 Å². The van der Waals surface area contributed by atoms with Crippen LogP contribution in [0.15, 0.2) is 6.20 Å². The van der Waals surface area contributed by atoms with Gasteiger partial charge in [0.15, 0.2) is 0 Å². The first kappa shape index (κ1) is 14.2. The Hall–Kier alpha value is -0.900. The van der Waals surface area contributed by atoms with Crippen LogP contribution in [-0.4, -0.2) is 27.6 Å². The zero-order valence-electron chi connectivity index (χ0n) is 11.6. The first-order valence-corrected chi connectivity index (χ1v) is 6.70. The van der Waals surface area contributed by atoms with Gasteiger partial charge in [-0.25, -0.2) is 0 Å². The lowest BCUT2D eigenvalue weighted by molar-refractivity contribution is 0.425. The summed E-state index contributed by atoms with van der Waals surface area (Å²) in [4.78, 5) is 0. The maximum Gasteiger partial charge on any atom is 0.0842 e. The van der Waals surface area contributed by atoms with E-state index in [0.717, 1.165) is 24.6 Å². The smallest absolute Gasteiger partial charge is 0.0842 e. The van der Waals surface area contributed by atoms with Crippen LogP contribution in [0.25, 0.3) is 0 Å². The van der Waals surface area contributed by atoms with Gasteiger partial charge >= 0.3 is 0 Å². The van der Waals surface area contributed by atoms with Crippen molar-refractivity contribution in [3.63, 3.8) is 0 Å². The van der Waals surface area contributed by atoms with Crippen molar-refractivity contribution in [1.82, 2.24) is 20.3 Å². The highest BCUT2D eigenvalue weighted by Crippen LogP contribution is 2.10. The maximum atomic E-state index is 4.16. The molecule has 1 unspecified atom stereocenters. The molecule has 0 saturated heterocycles. The molecule has 1 atom stereocenters. The molecular formula is C13H26N4. The Morgan fingerprint density at radius 1 is 1.35 bits per heavy atom. The second-order valence-corrected chi connectivity index (χ2v) is 5.21. The highest BCUT2D eigenvalue weighted by Gasteiger charge is 2.11. The Morgan fingerprint density at radius 2 is 2.12 bits per heavy atom. The standard InChI is InChI=1S/C13H26N4/c1-5-8-14-12(7-6-11(2)3)9-13-10-17(4)16-15-13/h10-12,14H,5-9H2,1-4H3. The largest absolute Gasteiger partial charge is 0.314 e. The van der Waals surface area contributed by atoms with E-state index in [9.17, 15) is 0 Å². The number of hydrogen-bond acceptors (Lipinski definition) is 3. The molecule has 0 aliphatic carbocycles. The second-order valence-electron chi connectivity index (χ2n) is 5.21. The normalized spacial score (nSPS) is 13.2. The van der Waals surface area contributed by atoms with E-state index in [-0.39, 0.29) is 0 Å². The Bertz CT molecular complexity index is 306. The Kier molecular flexibility index (Phi) is 6.19. The summed E-state index contributed by atoms with van der Waals surface area (Å²) in [6.07, 6.45) is 6.66. The monoisotopic (exact) mass is 238 g/mol.